The normalized spacial score (nSPS) is 19.2. The molecule has 2 aliphatic rings. The highest BCUT2D eigenvalue weighted by Crippen LogP contribution is 2.26. The van der Waals surface area contributed by atoms with Crippen LogP contribution in [-0.4, -0.2) is 71.3 Å². The molecule has 0 spiro atoms. The zero-order valence-corrected chi connectivity index (χ0v) is 21.3. The number of aryl methyl sites for hydroxylation is 2. The van der Waals surface area contributed by atoms with Gasteiger partial charge in [-0.2, -0.15) is 0 Å². The van der Waals surface area contributed by atoms with E-state index in [1.807, 2.05) is 11.1 Å². The Morgan fingerprint density at radius 2 is 1.76 bits per heavy atom. The lowest BCUT2D eigenvalue weighted by atomic mass is 9.99. The molecule has 1 amide bonds. The van der Waals surface area contributed by atoms with Gasteiger partial charge in [0.05, 0.1) is 24.9 Å². The van der Waals surface area contributed by atoms with Crippen molar-refractivity contribution in [1.82, 2.24) is 25.3 Å². The van der Waals surface area contributed by atoms with Crippen LogP contribution in [0.4, 0.5) is 11.9 Å². The van der Waals surface area contributed by atoms with Crippen molar-refractivity contribution in [3.8, 4) is 0 Å². The van der Waals surface area contributed by atoms with Crippen molar-refractivity contribution in [1.29, 1.82) is 0 Å². The van der Waals surface area contributed by atoms with Gasteiger partial charge in [0.2, 0.25) is 17.8 Å². The molecular formula is C25H37N7O2. The van der Waals surface area contributed by atoms with E-state index in [2.05, 4.69) is 56.7 Å². The number of carbonyl (C=O) groups is 1. The van der Waals surface area contributed by atoms with Crippen molar-refractivity contribution in [2.45, 2.75) is 65.9 Å². The summed E-state index contributed by atoms with van der Waals surface area (Å²) in [4.78, 5) is 35.2. The molecular weight excluding hydrogens is 430 g/mol. The Morgan fingerprint density at radius 3 is 2.41 bits per heavy atom. The predicted molar refractivity (Wildman–Crippen MR) is 133 cm³/mol. The predicted octanol–water partition coefficient (Wildman–Crippen LogP) is 2.51. The number of morpholine rings is 1. The molecule has 2 aromatic heterocycles. The lowest BCUT2D eigenvalue weighted by molar-refractivity contribution is -0.120. The van der Waals surface area contributed by atoms with Crippen molar-refractivity contribution in [3.63, 3.8) is 0 Å². The summed E-state index contributed by atoms with van der Waals surface area (Å²) in [6.45, 7) is 16.5. The molecule has 184 valence electrons. The van der Waals surface area contributed by atoms with Gasteiger partial charge < -0.3 is 19.9 Å². The third-order valence-electron chi connectivity index (χ3n) is 6.57. The van der Waals surface area contributed by atoms with E-state index in [1.165, 1.54) is 5.56 Å². The molecule has 2 aliphatic heterocycles. The first-order chi connectivity index (χ1) is 16.2. The molecule has 2 fully saturated rings. The first-order valence-corrected chi connectivity index (χ1v) is 12.3. The molecule has 0 radical (unpaired) electrons. The molecule has 2 saturated heterocycles. The number of carbonyl (C=O) groups excluding carboxylic acids is 1. The minimum atomic E-state index is -0.0207. The molecule has 0 aromatic carbocycles. The summed E-state index contributed by atoms with van der Waals surface area (Å²) in [5.74, 6) is 2.09. The fourth-order valence-electron chi connectivity index (χ4n) is 4.95. The van der Waals surface area contributed by atoms with Gasteiger partial charge in [0.15, 0.2) is 0 Å². The highest BCUT2D eigenvalue weighted by molar-refractivity contribution is 5.81. The van der Waals surface area contributed by atoms with E-state index in [9.17, 15) is 4.79 Å². The Morgan fingerprint density at radius 1 is 1.03 bits per heavy atom. The Bertz CT molecular complexity index is 1020. The van der Waals surface area contributed by atoms with Crippen LogP contribution >= 0.6 is 0 Å². The van der Waals surface area contributed by atoms with E-state index in [1.54, 1.807) is 0 Å². The maximum absolute atomic E-state index is 11.9. The van der Waals surface area contributed by atoms with Gasteiger partial charge >= 0.3 is 0 Å². The summed E-state index contributed by atoms with van der Waals surface area (Å²) >= 11 is 0. The third-order valence-corrected chi connectivity index (χ3v) is 6.57. The topological polar surface area (TPSA) is 96.4 Å². The van der Waals surface area contributed by atoms with E-state index in [0.29, 0.717) is 50.4 Å². The average molecular weight is 468 g/mol. The quantitative estimate of drug-likeness (QED) is 0.692. The van der Waals surface area contributed by atoms with Gasteiger partial charge in [-0.15, -0.1) is 0 Å². The largest absolute Gasteiger partial charge is 0.374 e. The third kappa shape index (κ3) is 5.29. The van der Waals surface area contributed by atoms with Gasteiger partial charge in [0, 0.05) is 50.2 Å². The first-order valence-electron chi connectivity index (χ1n) is 12.3. The number of ether oxygens (including phenoxy) is 1. The molecule has 34 heavy (non-hydrogen) atoms. The Kier molecular flexibility index (Phi) is 7.30. The minimum absolute atomic E-state index is 0.00432. The summed E-state index contributed by atoms with van der Waals surface area (Å²) in [5.41, 5.74) is 5.44. The molecule has 2 aromatic rings. The number of hydrogen-bond acceptors (Lipinski definition) is 8. The van der Waals surface area contributed by atoms with Crippen LogP contribution in [0.15, 0.2) is 6.20 Å². The van der Waals surface area contributed by atoms with Crippen molar-refractivity contribution >= 4 is 17.8 Å². The summed E-state index contributed by atoms with van der Waals surface area (Å²) in [6, 6.07) is 0. The van der Waals surface area contributed by atoms with Crippen LogP contribution in [0.1, 0.15) is 67.7 Å². The Hall–Kier alpha value is -2.81. The van der Waals surface area contributed by atoms with E-state index < -0.39 is 0 Å². The molecule has 9 heteroatoms. The van der Waals surface area contributed by atoms with Gasteiger partial charge in [-0.05, 0) is 36.8 Å². The number of hydrogen-bond donors (Lipinski definition) is 1. The zero-order chi connectivity index (χ0) is 24.4. The van der Waals surface area contributed by atoms with Crippen LogP contribution in [0.5, 0.6) is 0 Å². The molecule has 0 bridgehead atoms. The molecule has 1 atom stereocenters. The zero-order valence-electron chi connectivity index (χ0n) is 21.3. The summed E-state index contributed by atoms with van der Waals surface area (Å²) < 4.78 is 6.16. The number of piperazine rings is 1. The molecule has 4 rings (SSSR count). The second kappa shape index (κ2) is 10.2. The van der Waals surface area contributed by atoms with Crippen LogP contribution in [0.2, 0.25) is 0 Å². The van der Waals surface area contributed by atoms with Crippen LogP contribution in [0.3, 0.4) is 0 Å². The highest BCUT2D eigenvalue weighted by atomic mass is 16.5. The van der Waals surface area contributed by atoms with Gasteiger partial charge in [0.1, 0.15) is 0 Å². The fourth-order valence-corrected chi connectivity index (χ4v) is 4.95. The Labute approximate surface area is 202 Å². The fraction of sp³-hybridized carbons (Fsp3) is 0.640. The molecule has 1 unspecified atom stereocenters. The monoisotopic (exact) mass is 467 g/mol. The molecule has 0 saturated carbocycles. The van der Waals surface area contributed by atoms with Crippen LogP contribution < -0.4 is 15.1 Å². The van der Waals surface area contributed by atoms with E-state index >= 15 is 0 Å². The number of rotatable bonds is 6. The van der Waals surface area contributed by atoms with Crippen LogP contribution in [-0.2, 0) is 16.0 Å². The Balaban J connectivity index is 1.54. The summed E-state index contributed by atoms with van der Waals surface area (Å²) in [7, 11) is 0. The number of amides is 1. The van der Waals surface area contributed by atoms with E-state index in [-0.39, 0.29) is 18.6 Å². The number of nitrogens with zero attached hydrogens (tertiary/aromatic N) is 6. The first kappa shape index (κ1) is 24.3. The number of anilines is 2. The maximum atomic E-state index is 11.9. The second-order valence-corrected chi connectivity index (χ2v) is 9.90. The van der Waals surface area contributed by atoms with E-state index in [0.717, 1.165) is 35.1 Å². The van der Waals surface area contributed by atoms with Crippen LogP contribution in [0, 0.1) is 13.8 Å². The number of aromatic nitrogens is 4. The smallest absolute Gasteiger partial charge is 0.239 e. The lowest BCUT2D eigenvalue weighted by Crippen LogP contribution is -2.48. The van der Waals surface area contributed by atoms with Crippen molar-refractivity contribution in [2.75, 3.05) is 49.1 Å². The maximum Gasteiger partial charge on any atom is 0.239 e. The van der Waals surface area contributed by atoms with Crippen molar-refractivity contribution in [2.24, 2.45) is 0 Å². The lowest BCUT2D eigenvalue weighted by Gasteiger charge is -2.34. The van der Waals surface area contributed by atoms with Gasteiger partial charge in [-0.3, -0.25) is 4.79 Å². The van der Waals surface area contributed by atoms with Crippen molar-refractivity contribution < 1.29 is 9.53 Å². The molecule has 1 N–H and O–H groups in total. The molecule has 9 nitrogen and oxygen atoms in total. The minimum Gasteiger partial charge on any atom is -0.374 e. The number of nitrogens with one attached hydrogen (secondary N) is 1. The summed E-state index contributed by atoms with van der Waals surface area (Å²) in [6.07, 6.45) is 2.57. The standard InChI is InChI=1S/C25H37N7O2/c1-15(2)20-12-27-24(31-8-7-26-22(33)14-31)30-21(20)11-19-13-32(9-10-34-19)25-28-17(5)23(16(3)4)18(6)29-25/h12,15-16,19H,7-11,13-14H2,1-6H3,(H,26,33). The van der Waals surface area contributed by atoms with E-state index in [4.69, 9.17) is 19.7 Å². The average Bonchev–Trinajstić information content (AvgIpc) is 2.78. The van der Waals surface area contributed by atoms with Gasteiger partial charge in [0.25, 0.3) is 0 Å². The van der Waals surface area contributed by atoms with Crippen LogP contribution in [0.25, 0.3) is 0 Å². The molecule has 0 aliphatic carbocycles. The van der Waals surface area contributed by atoms with Crippen molar-refractivity contribution in [3.05, 3.63) is 34.4 Å². The second-order valence-electron chi connectivity index (χ2n) is 9.90. The van der Waals surface area contributed by atoms with Gasteiger partial charge in [-0.25, -0.2) is 19.9 Å². The van der Waals surface area contributed by atoms with Gasteiger partial charge in [-0.1, -0.05) is 27.7 Å². The highest BCUT2D eigenvalue weighted by Gasteiger charge is 2.27. The SMILES string of the molecule is Cc1nc(N2CCOC(Cc3nc(N4CCNC(=O)C4)ncc3C(C)C)C2)nc(C)c1C(C)C. The molecule has 4 heterocycles. The summed E-state index contributed by atoms with van der Waals surface area (Å²) in [5, 5.41) is 2.86.